The maximum absolute atomic E-state index is 17.2. The molecule has 0 bridgehead atoms. The molecule has 254 valence electrons. The Labute approximate surface area is 293 Å². The van der Waals surface area contributed by atoms with Crippen molar-refractivity contribution in [2.24, 2.45) is 0 Å². The summed E-state index contributed by atoms with van der Waals surface area (Å²) in [6, 6.07) is 25.6. The standard InChI is InChI=1S/C43H45FN6/c44-41-36(37-22-33(26-10-16-46-17-11-26)29-7-1-2-8-31(29)42(37)45)21-34(27-12-18-47-19-13-27)35-23-40(50-25-39(35)41)38-24-48-20-14-30(38)32-9-3-5-28-6-4-15-49-43(28)32/h1-9,15,21-23,25-27,30,38,46-48H,10-14,16-20,24,45H2. The SMILES string of the molecule is Nc1c(-c2cc(C3CCNCC3)c3cc(C4CNCCC4c4cccc5cccnc45)ncc3c2F)cc(C2CCNCC2)c2ccccc12. The van der Waals surface area contributed by atoms with E-state index in [1.807, 2.05) is 24.5 Å². The molecule has 4 aromatic carbocycles. The number of para-hydroxylation sites is 1. The van der Waals surface area contributed by atoms with Crippen LogP contribution in [0.1, 0.15) is 78.2 Å². The van der Waals surface area contributed by atoms with Crippen molar-refractivity contribution in [1.82, 2.24) is 25.9 Å². The summed E-state index contributed by atoms with van der Waals surface area (Å²) >= 11 is 0. The molecule has 5 N–H and O–H groups in total. The second-order valence-electron chi connectivity index (χ2n) is 14.6. The third-order valence-corrected chi connectivity index (χ3v) is 11.9. The van der Waals surface area contributed by atoms with E-state index >= 15 is 4.39 Å². The topological polar surface area (TPSA) is 87.9 Å². The number of anilines is 1. The summed E-state index contributed by atoms with van der Waals surface area (Å²) in [5, 5.41) is 15.6. The number of halogens is 1. The van der Waals surface area contributed by atoms with Crippen molar-refractivity contribution in [1.29, 1.82) is 0 Å². The van der Waals surface area contributed by atoms with Crippen LogP contribution < -0.4 is 21.7 Å². The van der Waals surface area contributed by atoms with Crippen LogP contribution in [0.3, 0.4) is 0 Å². The maximum Gasteiger partial charge on any atom is 0.140 e. The Bertz CT molecular complexity index is 2200. The van der Waals surface area contributed by atoms with Gasteiger partial charge in [0.1, 0.15) is 5.82 Å². The molecule has 5 heterocycles. The van der Waals surface area contributed by atoms with Gasteiger partial charge in [0.15, 0.2) is 0 Å². The summed E-state index contributed by atoms with van der Waals surface area (Å²) in [4.78, 5) is 9.89. The van der Waals surface area contributed by atoms with Crippen LogP contribution in [-0.4, -0.2) is 49.2 Å². The Hall–Kier alpha value is -4.43. The van der Waals surface area contributed by atoms with Crippen molar-refractivity contribution in [3.8, 4) is 11.1 Å². The number of fused-ring (bicyclic) bond motifs is 3. The fraction of sp³-hybridized carbons (Fsp3) is 0.349. The largest absolute Gasteiger partial charge is 0.398 e. The predicted octanol–water partition coefficient (Wildman–Crippen LogP) is 8.12. The quantitative estimate of drug-likeness (QED) is 0.139. The van der Waals surface area contributed by atoms with Crippen LogP contribution in [0, 0.1) is 5.82 Å². The van der Waals surface area contributed by atoms with Crippen molar-refractivity contribution in [2.45, 2.75) is 55.8 Å². The van der Waals surface area contributed by atoms with Crippen LogP contribution in [-0.2, 0) is 0 Å². The number of rotatable bonds is 5. The summed E-state index contributed by atoms with van der Waals surface area (Å²) in [7, 11) is 0. The average Bonchev–Trinajstić information content (AvgIpc) is 3.19. The zero-order valence-electron chi connectivity index (χ0n) is 28.5. The lowest BCUT2D eigenvalue weighted by Gasteiger charge is -2.33. The van der Waals surface area contributed by atoms with Crippen molar-refractivity contribution in [3.05, 3.63) is 113 Å². The van der Waals surface area contributed by atoms with Crippen LogP contribution in [0.4, 0.5) is 10.1 Å². The summed E-state index contributed by atoms with van der Waals surface area (Å²) in [6.07, 6.45) is 8.85. The number of nitrogens with two attached hydrogens (primary N) is 1. The van der Waals surface area contributed by atoms with Crippen molar-refractivity contribution < 1.29 is 4.39 Å². The molecule has 0 amide bonds. The molecule has 2 unspecified atom stereocenters. The van der Waals surface area contributed by atoms with E-state index in [2.05, 4.69) is 76.6 Å². The van der Waals surface area contributed by atoms with E-state index in [9.17, 15) is 0 Å². The first kappa shape index (κ1) is 31.5. The maximum atomic E-state index is 17.2. The number of hydrogen-bond acceptors (Lipinski definition) is 6. The second-order valence-corrected chi connectivity index (χ2v) is 14.6. The van der Waals surface area contributed by atoms with E-state index in [1.165, 1.54) is 22.1 Å². The Morgan fingerprint density at radius 1 is 0.600 bits per heavy atom. The van der Waals surface area contributed by atoms with Crippen molar-refractivity contribution in [2.75, 3.05) is 45.0 Å². The zero-order chi connectivity index (χ0) is 33.6. The number of nitrogen functional groups attached to an aromatic ring is 1. The van der Waals surface area contributed by atoms with Gasteiger partial charge >= 0.3 is 0 Å². The highest BCUT2D eigenvalue weighted by atomic mass is 19.1. The van der Waals surface area contributed by atoms with Crippen LogP contribution in [0.2, 0.25) is 0 Å². The molecule has 6 nitrogen and oxygen atoms in total. The third kappa shape index (κ3) is 5.52. The number of pyridine rings is 2. The van der Waals surface area contributed by atoms with Gasteiger partial charge in [-0.2, -0.15) is 0 Å². The average molecular weight is 665 g/mol. The molecule has 7 heteroatoms. The molecule has 3 aliphatic rings. The van der Waals surface area contributed by atoms with Gasteiger partial charge in [0, 0.05) is 63.5 Å². The third-order valence-electron chi connectivity index (χ3n) is 11.9. The van der Waals surface area contributed by atoms with Crippen LogP contribution in [0.25, 0.3) is 43.6 Å². The van der Waals surface area contributed by atoms with Crippen LogP contribution >= 0.6 is 0 Å². The minimum Gasteiger partial charge on any atom is -0.398 e. The van der Waals surface area contributed by atoms with Gasteiger partial charge in [-0.25, -0.2) is 4.39 Å². The monoisotopic (exact) mass is 664 g/mol. The van der Waals surface area contributed by atoms with E-state index in [1.54, 1.807) is 0 Å². The first-order valence-electron chi connectivity index (χ1n) is 18.5. The molecular weight excluding hydrogens is 620 g/mol. The van der Waals surface area contributed by atoms with Gasteiger partial charge < -0.3 is 21.7 Å². The van der Waals surface area contributed by atoms with Gasteiger partial charge in [0.2, 0.25) is 0 Å². The molecular formula is C43H45FN6. The molecule has 3 aliphatic heterocycles. The van der Waals surface area contributed by atoms with Crippen LogP contribution in [0.15, 0.2) is 85.2 Å². The minimum absolute atomic E-state index is 0.146. The number of benzene rings is 4. The normalized spacial score (nSPS) is 20.9. The molecule has 3 fully saturated rings. The number of hydrogen-bond donors (Lipinski definition) is 4. The summed E-state index contributed by atoms with van der Waals surface area (Å²) in [5.41, 5.74) is 14.9. The zero-order valence-corrected chi connectivity index (χ0v) is 28.5. The fourth-order valence-electron chi connectivity index (χ4n) is 9.28. The smallest absolute Gasteiger partial charge is 0.140 e. The van der Waals surface area contributed by atoms with E-state index in [0.29, 0.717) is 28.5 Å². The molecule has 3 saturated heterocycles. The number of nitrogens with zero attached hydrogens (tertiary/aromatic N) is 2. The molecule has 0 spiro atoms. The fourth-order valence-corrected chi connectivity index (χ4v) is 9.28. The molecule has 2 atom stereocenters. The molecule has 9 rings (SSSR count). The van der Waals surface area contributed by atoms with Gasteiger partial charge in [-0.1, -0.05) is 48.5 Å². The summed E-state index contributed by atoms with van der Waals surface area (Å²) in [6.45, 7) is 5.66. The number of piperidine rings is 3. The Morgan fingerprint density at radius 2 is 1.28 bits per heavy atom. The van der Waals surface area contributed by atoms with Crippen LogP contribution in [0.5, 0.6) is 0 Å². The Morgan fingerprint density at radius 3 is 2.06 bits per heavy atom. The predicted molar refractivity (Wildman–Crippen MR) is 203 cm³/mol. The lowest BCUT2D eigenvalue weighted by molar-refractivity contribution is 0.400. The van der Waals surface area contributed by atoms with Gasteiger partial charge in [-0.05, 0) is 134 Å². The molecule has 0 aliphatic carbocycles. The van der Waals surface area contributed by atoms with Gasteiger partial charge in [-0.15, -0.1) is 0 Å². The first-order chi connectivity index (χ1) is 24.7. The molecule has 0 saturated carbocycles. The highest BCUT2D eigenvalue weighted by Gasteiger charge is 2.32. The van der Waals surface area contributed by atoms with E-state index in [0.717, 1.165) is 104 Å². The highest BCUT2D eigenvalue weighted by molar-refractivity contribution is 6.04. The Kier molecular flexibility index (Phi) is 8.43. The number of nitrogens with one attached hydrogen (secondary N) is 3. The second kappa shape index (κ2) is 13.4. The van der Waals surface area contributed by atoms with E-state index < -0.39 is 0 Å². The molecule has 2 aromatic heterocycles. The molecule has 0 radical (unpaired) electrons. The van der Waals surface area contributed by atoms with Gasteiger partial charge in [0.05, 0.1) is 5.52 Å². The minimum atomic E-state index is -0.230. The molecule has 6 aromatic rings. The Balaban J connectivity index is 1.21. The first-order valence-corrected chi connectivity index (χ1v) is 18.5. The van der Waals surface area contributed by atoms with Gasteiger partial charge in [0.25, 0.3) is 0 Å². The summed E-state index contributed by atoms with van der Waals surface area (Å²) < 4.78 is 17.2. The van der Waals surface area contributed by atoms with Crippen molar-refractivity contribution in [3.63, 3.8) is 0 Å². The number of aromatic nitrogens is 2. The van der Waals surface area contributed by atoms with E-state index in [-0.39, 0.29) is 17.7 Å². The van der Waals surface area contributed by atoms with Gasteiger partial charge in [-0.3, -0.25) is 9.97 Å². The highest BCUT2D eigenvalue weighted by Crippen LogP contribution is 2.46. The lowest BCUT2D eigenvalue weighted by atomic mass is 9.77. The van der Waals surface area contributed by atoms with E-state index in [4.69, 9.17) is 15.7 Å². The summed E-state index contributed by atoms with van der Waals surface area (Å²) in [5.74, 6) is 0.907. The molecule has 50 heavy (non-hydrogen) atoms. The lowest BCUT2D eigenvalue weighted by Crippen LogP contribution is -2.34. The van der Waals surface area contributed by atoms with Crippen molar-refractivity contribution >= 4 is 38.1 Å².